The van der Waals surface area contributed by atoms with Gasteiger partial charge >= 0.3 is 5.69 Å². The maximum absolute atomic E-state index is 11.2. The van der Waals surface area contributed by atoms with E-state index in [1.165, 1.54) is 10.8 Å². The number of aromatic amines is 1. The molecule has 0 saturated heterocycles. The van der Waals surface area contributed by atoms with Gasteiger partial charge in [-0.05, 0) is 7.05 Å². The summed E-state index contributed by atoms with van der Waals surface area (Å²) >= 11 is 0. The highest BCUT2D eigenvalue weighted by Crippen LogP contribution is 1.80. The zero-order valence-electron chi connectivity index (χ0n) is 8.05. The average Bonchev–Trinajstić information content (AvgIpc) is 2.14. The lowest BCUT2D eigenvalue weighted by atomic mass is 10.3. The van der Waals surface area contributed by atoms with E-state index in [4.69, 9.17) is 0 Å². The highest BCUT2D eigenvalue weighted by molar-refractivity contribution is 5.29. The lowest BCUT2D eigenvalue weighted by Crippen LogP contribution is -2.29. The number of H-pyrrole nitrogens is 1. The summed E-state index contributed by atoms with van der Waals surface area (Å²) in [5.74, 6) is 5.41. The molecule has 0 fully saturated rings. The SMILES string of the molecule is CNCC#Cc1cn(C)c(=O)[nH]c1=O. The summed E-state index contributed by atoms with van der Waals surface area (Å²) in [5.41, 5.74) is -0.590. The van der Waals surface area contributed by atoms with Gasteiger partial charge in [0.25, 0.3) is 5.56 Å². The van der Waals surface area contributed by atoms with Gasteiger partial charge in [-0.2, -0.15) is 0 Å². The standard InChI is InChI=1S/C9H11N3O2/c1-10-5-3-4-7-6-12(2)9(14)11-8(7)13/h6,10H,5H2,1-2H3,(H,11,13,14). The summed E-state index contributed by atoms with van der Waals surface area (Å²) in [6, 6.07) is 0. The largest absolute Gasteiger partial charge is 0.328 e. The molecule has 5 nitrogen and oxygen atoms in total. The molecule has 0 aliphatic rings. The van der Waals surface area contributed by atoms with Crippen LogP contribution in [0.25, 0.3) is 0 Å². The molecule has 1 aromatic rings. The number of hydrogen-bond acceptors (Lipinski definition) is 3. The van der Waals surface area contributed by atoms with Crippen LogP contribution in [0.3, 0.4) is 0 Å². The van der Waals surface area contributed by atoms with E-state index < -0.39 is 11.2 Å². The van der Waals surface area contributed by atoms with Crippen LogP contribution in [0, 0.1) is 11.8 Å². The van der Waals surface area contributed by atoms with Crippen molar-refractivity contribution < 1.29 is 0 Å². The van der Waals surface area contributed by atoms with Gasteiger partial charge < -0.3 is 9.88 Å². The zero-order valence-corrected chi connectivity index (χ0v) is 8.05. The van der Waals surface area contributed by atoms with E-state index in [2.05, 4.69) is 22.1 Å². The topological polar surface area (TPSA) is 66.9 Å². The molecule has 0 spiro atoms. The van der Waals surface area contributed by atoms with Crippen LogP contribution in [0.4, 0.5) is 0 Å². The van der Waals surface area contributed by atoms with Crippen molar-refractivity contribution in [2.45, 2.75) is 0 Å². The van der Waals surface area contributed by atoms with Gasteiger partial charge in [-0.1, -0.05) is 11.8 Å². The molecule has 0 aliphatic carbocycles. The summed E-state index contributed by atoms with van der Waals surface area (Å²) in [6.07, 6.45) is 1.42. The molecule has 0 radical (unpaired) electrons. The Hall–Kier alpha value is -1.80. The van der Waals surface area contributed by atoms with Crippen molar-refractivity contribution in [3.63, 3.8) is 0 Å². The second kappa shape index (κ2) is 4.44. The van der Waals surface area contributed by atoms with E-state index in [-0.39, 0.29) is 0 Å². The Morgan fingerprint density at radius 3 is 2.93 bits per heavy atom. The van der Waals surface area contributed by atoms with E-state index in [0.29, 0.717) is 12.1 Å². The van der Waals surface area contributed by atoms with Crippen LogP contribution in [0.15, 0.2) is 15.8 Å². The van der Waals surface area contributed by atoms with Gasteiger partial charge in [0, 0.05) is 13.2 Å². The number of rotatable bonds is 1. The minimum atomic E-state index is -0.447. The van der Waals surface area contributed by atoms with Gasteiger partial charge in [0.1, 0.15) is 5.56 Å². The molecule has 0 amide bonds. The number of aromatic nitrogens is 2. The summed E-state index contributed by atoms with van der Waals surface area (Å²) in [6.45, 7) is 0.502. The first-order valence-corrected chi connectivity index (χ1v) is 4.08. The fourth-order valence-corrected chi connectivity index (χ4v) is 0.880. The van der Waals surface area contributed by atoms with Crippen LogP contribution in [-0.4, -0.2) is 23.1 Å². The second-order valence-electron chi connectivity index (χ2n) is 2.75. The van der Waals surface area contributed by atoms with Crippen molar-refractivity contribution in [2.24, 2.45) is 7.05 Å². The number of nitrogens with zero attached hydrogens (tertiary/aromatic N) is 1. The molecule has 0 atom stereocenters. The van der Waals surface area contributed by atoms with Crippen LogP contribution < -0.4 is 16.6 Å². The molecule has 0 bridgehead atoms. The zero-order chi connectivity index (χ0) is 10.6. The summed E-state index contributed by atoms with van der Waals surface area (Å²) < 4.78 is 1.28. The van der Waals surface area contributed by atoms with Crippen LogP contribution in [0.5, 0.6) is 0 Å². The summed E-state index contributed by atoms with van der Waals surface area (Å²) in [4.78, 5) is 24.3. The first kappa shape index (κ1) is 10.3. The van der Waals surface area contributed by atoms with E-state index >= 15 is 0 Å². The van der Waals surface area contributed by atoms with Crippen molar-refractivity contribution in [1.29, 1.82) is 0 Å². The van der Waals surface area contributed by atoms with E-state index in [9.17, 15) is 9.59 Å². The van der Waals surface area contributed by atoms with Gasteiger partial charge in [-0.3, -0.25) is 9.78 Å². The third-order valence-electron chi connectivity index (χ3n) is 1.60. The lowest BCUT2D eigenvalue weighted by Gasteiger charge is -1.95. The van der Waals surface area contributed by atoms with Crippen LogP contribution in [0.1, 0.15) is 5.56 Å². The molecular weight excluding hydrogens is 182 g/mol. The Bertz CT molecular complexity index is 487. The number of nitrogens with one attached hydrogen (secondary N) is 2. The van der Waals surface area contributed by atoms with Gasteiger partial charge in [-0.25, -0.2) is 4.79 Å². The molecule has 1 rings (SSSR count). The van der Waals surface area contributed by atoms with Crippen molar-refractivity contribution in [3.05, 3.63) is 32.6 Å². The van der Waals surface area contributed by atoms with Crippen LogP contribution >= 0.6 is 0 Å². The van der Waals surface area contributed by atoms with E-state index in [0.717, 1.165) is 0 Å². The summed E-state index contributed by atoms with van der Waals surface area (Å²) in [7, 11) is 3.32. The smallest absolute Gasteiger partial charge is 0.309 e. The molecule has 74 valence electrons. The van der Waals surface area contributed by atoms with Crippen molar-refractivity contribution >= 4 is 0 Å². The molecule has 0 unspecified atom stereocenters. The minimum absolute atomic E-state index is 0.294. The third-order valence-corrected chi connectivity index (χ3v) is 1.60. The quantitative estimate of drug-likeness (QED) is 0.542. The van der Waals surface area contributed by atoms with Crippen molar-refractivity contribution in [1.82, 2.24) is 14.9 Å². The predicted octanol–water partition coefficient (Wildman–Crippen LogP) is -1.36. The van der Waals surface area contributed by atoms with E-state index in [1.807, 2.05) is 0 Å². The first-order valence-electron chi connectivity index (χ1n) is 4.08. The van der Waals surface area contributed by atoms with Crippen LogP contribution in [-0.2, 0) is 7.05 Å². The molecule has 2 N–H and O–H groups in total. The molecule has 0 aliphatic heterocycles. The highest BCUT2D eigenvalue weighted by atomic mass is 16.2. The minimum Gasteiger partial charge on any atom is -0.309 e. The van der Waals surface area contributed by atoms with E-state index in [1.54, 1.807) is 14.1 Å². The van der Waals surface area contributed by atoms with Gasteiger partial charge in [0.05, 0.1) is 6.54 Å². The lowest BCUT2D eigenvalue weighted by molar-refractivity contribution is 0.795. The second-order valence-corrected chi connectivity index (χ2v) is 2.75. The Morgan fingerprint density at radius 1 is 1.57 bits per heavy atom. The van der Waals surface area contributed by atoms with Crippen molar-refractivity contribution in [3.8, 4) is 11.8 Å². The van der Waals surface area contributed by atoms with Gasteiger partial charge in [-0.15, -0.1) is 0 Å². The highest BCUT2D eigenvalue weighted by Gasteiger charge is 1.97. The first-order chi connectivity index (χ1) is 6.65. The molecule has 5 heteroatoms. The molecule has 14 heavy (non-hydrogen) atoms. The molecule has 1 heterocycles. The molecular formula is C9H11N3O2. The molecule has 0 saturated carbocycles. The Kier molecular flexibility index (Phi) is 3.26. The number of hydrogen-bond donors (Lipinski definition) is 2. The Balaban J connectivity index is 3.13. The summed E-state index contributed by atoms with van der Waals surface area (Å²) in [5, 5.41) is 2.83. The maximum atomic E-state index is 11.2. The Morgan fingerprint density at radius 2 is 2.29 bits per heavy atom. The van der Waals surface area contributed by atoms with Gasteiger partial charge in [0.15, 0.2) is 0 Å². The normalized spacial score (nSPS) is 9.29. The van der Waals surface area contributed by atoms with Gasteiger partial charge in [0.2, 0.25) is 0 Å². The van der Waals surface area contributed by atoms with Crippen LogP contribution in [0.2, 0.25) is 0 Å². The Labute approximate surface area is 80.8 Å². The monoisotopic (exact) mass is 193 g/mol. The fourth-order valence-electron chi connectivity index (χ4n) is 0.880. The molecule has 0 aromatic carbocycles. The molecule has 1 aromatic heterocycles. The third kappa shape index (κ3) is 2.34. The average molecular weight is 193 g/mol. The fraction of sp³-hybridized carbons (Fsp3) is 0.333. The maximum Gasteiger partial charge on any atom is 0.328 e. The number of aryl methyl sites for hydroxylation is 1. The van der Waals surface area contributed by atoms with Crippen molar-refractivity contribution in [2.75, 3.05) is 13.6 Å². The predicted molar refractivity (Wildman–Crippen MR) is 53.1 cm³/mol.